The Kier molecular flexibility index (Phi) is 6.70. The Morgan fingerprint density at radius 3 is 2.37 bits per heavy atom. The van der Waals surface area contributed by atoms with E-state index in [1.54, 1.807) is 0 Å². The van der Waals surface area contributed by atoms with E-state index >= 15 is 0 Å². The monoisotopic (exact) mass is 391 g/mol. The molecule has 6 N–H and O–H groups in total. The lowest BCUT2D eigenvalue weighted by atomic mass is 9.77. The van der Waals surface area contributed by atoms with Crippen molar-refractivity contribution in [2.75, 3.05) is 19.8 Å². The second kappa shape index (κ2) is 8.66. The first-order valence-corrected chi connectivity index (χ1v) is 9.35. The summed E-state index contributed by atoms with van der Waals surface area (Å²) < 4.78 is 17.4. The van der Waals surface area contributed by atoms with Gasteiger partial charge in [0.05, 0.1) is 31.0 Å². The molecule has 6 saturated heterocycles. The minimum absolute atomic E-state index is 0.0406. The molecule has 0 saturated carbocycles. The van der Waals surface area contributed by atoms with E-state index in [1.807, 2.05) is 0 Å². The first kappa shape index (κ1) is 20.9. The van der Waals surface area contributed by atoms with E-state index in [0.29, 0.717) is 12.8 Å². The maximum Gasteiger partial charge on any atom is 0.216 e. The van der Waals surface area contributed by atoms with Crippen LogP contribution in [0.1, 0.15) is 19.8 Å². The Morgan fingerprint density at radius 1 is 1.00 bits per heavy atom. The van der Waals surface area contributed by atoms with E-state index in [-0.39, 0.29) is 19.1 Å². The summed E-state index contributed by atoms with van der Waals surface area (Å²) >= 11 is 0. The molecular formula is C17H29NO9. The molecular weight excluding hydrogens is 362 g/mol. The molecule has 2 unspecified atom stereocenters. The lowest BCUT2D eigenvalue weighted by Crippen LogP contribution is -2.68. The summed E-state index contributed by atoms with van der Waals surface area (Å²) in [5.74, 6) is -1.26. The number of aliphatic hydroxyl groups excluding tert-OH is 5. The van der Waals surface area contributed by atoms with Crippen LogP contribution in [0.15, 0.2) is 0 Å². The van der Waals surface area contributed by atoms with Gasteiger partial charge in [-0.05, 0) is 12.8 Å². The lowest BCUT2D eigenvalue weighted by Gasteiger charge is -2.51. The normalized spacial score (nSPS) is 47.9. The summed E-state index contributed by atoms with van der Waals surface area (Å²) in [6, 6.07) is 0. The van der Waals surface area contributed by atoms with Crippen LogP contribution in [0.4, 0.5) is 0 Å². The maximum atomic E-state index is 11.3. The van der Waals surface area contributed by atoms with Gasteiger partial charge in [0.25, 0.3) is 0 Å². The molecule has 10 heteroatoms. The fourth-order valence-electron chi connectivity index (χ4n) is 4.28. The number of carbonyl (C=O) groups excluding carboxylic acids is 1. The van der Waals surface area contributed by atoms with Crippen LogP contribution in [0.2, 0.25) is 0 Å². The first-order chi connectivity index (χ1) is 12.8. The fraction of sp³-hybridized carbons (Fsp3) is 0.941. The van der Waals surface area contributed by atoms with Crippen molar-refractivity contribution in [1.82, 2.24) is 5.32 Å². The highest BCUT2D eigenvalue weighted by Gasteiger charge is 2.55. The van der Waals surface area contributed by atoms with Crippen molar-refractivity contribution in [2.24, 2.45) is 5.92 Å². The van der Waals surface area contributed by atoms with Crippen molar-refractivity contribution in [3.63, 3.8) is 0 Å². The molecule has 0 aliphatic carbocycles. The van der Waals surface area contributed by atoms with Crippen molar-refractivity contribution >= 4 is 5.91 Å². The Bertz CT molecular complexity index is 519. The zero-order valence-corrected chi connectivity index (χ0v) is 15.2. The zero-order valence-electron chi connectivity index (χ0n) is 15.2. The molecule has 10 atom stereocenters. The van der Waals surface area contributed by atoms with Crippen LogP contribution < -0.4 is 5.32 Å². The summed E-state index contributed by atoms with van der Waals surface area (Å²) in [6.45, 7) is 1.15. The summed E-state index contributed by atoms with van der Waals surface area (Å²) in [6.07, 6.45) is -8.75. The van der Waals surface area contributed by atoms with Gasteiger partial charge in [0.2, 0.25) is 5.91 Å². The SMILES string of the molecule is CC(=O)NC[C@H]1OC2[C@H]3[C@H](O)[C@@H](O)C(CCCO[C@H]1[C@H](O)[C@H]2O)O[C@@H]3CO. The number of hydrogen-bond acceptors (Lipinski definition) is 9. The van der Waals surface area contributed by atoms with Gasteiger partial charge in [-0.15, -0.1) is 0 Å². The van der Waals surface area contributed by atoms with Crippen LogP contribution in [0.25, 0.3) is 0 Å². The molecule has 0 aromatic carbocycles. The molecule has 0 aromatic heterocycles. The molecule has 1 amide bonds. The number of rotatable bonds is 3. The van der Waals surface area contributed by atoms with E-state index in [4.69, 9.17) is 14.2 Å². The maximum absolute atomic E-state index is 11.3. The Labute approximate surface area is 157 Å². The van der Waals surface area contributed by atoms with Crippen LogP contribution in [-0.2, 0) is 19.0 Å². The number of amides is 1. The number of nitrogens with one attached hydrogen (secondary N) is 1. The van der Waals surface area contributed by atoms with E-state index in [0.717, 1.165) is 0 Å². The zero-order chi connectivity index (χ0) is 19.7. The third kappa shape index (κ3) is 4.13. The van der Waals surface area contributed by atoms with Gasteiger partial charge in [-0.3, -0.25) is 4.79 Å². The summed E-state index contributed by atoms with van der Waals surface area (Å²) in [5.41, 5.74) is 0. The van der Waals surface area contributed by atoms with Crippen LogP contribution in [-0.4, -0.2) is 106 Å². The third-order valence-electron chi connectivity index (χ3n) is 5.68. The molecule has 10 nitrogen and oxygen atoms in total. The van der Waals surface area contributed by atoms with Gasteiger partial charge in [-0.25, -0.2) is 0 Å². The second-order valence-corrected chi connectivity index (χ2v) is 7.49. The van der Waals surface area contributed by atoms with Crippen molar-refractivity contribution in [3.05, 3.63) is 0 Å². The van der Waals surface area contributed by atoms with Gasteiger partial charge >= 0.3 is 0 Å². The predicted octanol–water partition coefficient (Wildman–Crippen LogP) is -3.11. The summed E-state index contributed by atoms with van der Waals surface area (Å²) in [4.78, 5) is 11.3. The van der Waals surface area contributed by atoms with Crippen LogP contribution in [0.5, 0.6) is 0 Å². The van der Waals surface area contributed by atoms with E-state index < -0.39 is 67.5 Å². The number of ether oxygens (including phenoxy) is 3. The molecule has 6 fully saturated rings. The van der Waals surface area contributed by atoms with Gasteiger partial charge in [0.1, 0.15) is 30.5 Å². The fourth-order valence-corrected chi connectivity index (χ4v) is 4.28. The van der Waals surface area contributed by atoms with Gasteiger partial charge in [-0.2, -0.15) is 0 Å². The molecule has 6 aliphatic heterocycles. The van der Waals surface area contributed by atoms with Gasteiger partial charge in [-0.1, -0.05) is 0 Å². The molecule has 0 spiro atoms. The number of hydrogen-bond donors (Lipinski definition) is 6. The minimum atomic E-state index is -1.43. The molecule has 4 bridgehead atoms. The second-order valence-electron chi connectivity index (χ2n) is 7.49. The number of carbonyl (C=O) groups is 1. The average Bonchev–Trinajstić information content (AvgIpc) is 2.63. The molecule has 156 valence electrons. The highest BCUT2D eigenvalue weighted by atomic mass is 16.6. The quantitative estimate of drug-likeness (QED) is 0.293. The van der Waals surface area contributed by atoms with Gasteiger partial charge in [0.15, 0.2) is 0 Å². The standard InChI is InChI=1S/C17H29NO9/c1-7(20)18-5-9-16-14(23)15(24)17(27-9)11-10(6-19)26-8(3-2-4-25-16)12(21)13(11)22/h8-17,19,21-24H,2-6H2,1H3,(H,18,20)/t8?,9-,10-,11-,12+,13+,14-,15-,16-,17?/m1/s1. The van der Waals surface area contributed by atoms with Gasteiger partial charge in [0, 0.05) is 26.0 Å². The van der Waals surface area contributed by atoms with Crippen molar-refractivity contribution in [2.45, 2.75) is 74.7 Å². The minimum Gasteiger partial charge on any atom is -0.394 e. The largest absolute Gasteiger partial charge is 0.394 e. The van der Waals surface area contributed by atoms with Crippen molar-refractivity contribution in [3.8, 4) is 0 Å². The predicted molar refractivity (Wildman–Crippen MR) is 89.6 cm³/mol. The van der Waals surface area contributed by atoms with Crippen LogP contribution in [0.3, 0.4) is 0 Å². The molecule has 27 heavy (non-hydrogen) atoms. The molecule has 6 rings (SSSR count). The molecule has 0 aromatic rings. The van der Waals surface area contributed by atoms with Crippen LogP contribution >= 0.6 is 0 Å². The Morgan fingerprint density at radius 2 is 1.70 bits per heavy atom. The van der Waals surface area contributed by atoms with E-state index in [1.165, 1.54) is 6.92 Å². The van der Waals surface area contributed by atoms with E-state index in [9.17, 15) is 30.3 Å². The Balaban J connectivity index is 1.93. The lowest BCUT2D eigenvalue weighted by molar-refractivity contribution is -0.294. The molecule has 6 heterocycles. The van der Waals surface area contributed by atoms with Gasteiger partial charge < -0.3 is 45.1 Å². The molecule has 0 radical (unpaired) electrons. The highest BCUT2D eigenvalue weighted by Crippen LogP contribution is 2.37. The van der Waals surface area contributed by atoms with E-state index in [2.05, 4.69) is 5.32 Å². The first-order valence-electron chi connectivity index (χ1n) is 9.35. The van der Waals surface area contributed by atoms with Crippen molar-refractivity contribution in [1.29, 1.82) is 0 Å². The van der Waals surface area contributed by atoms with Crippen LogP contribution in [0, 0.1) is 5.92 Å². The smallest absolute Gasteiger partial charge is 0.216 e. The highest BCUT2D eigenvalue weighted by molar-refractivity contribution is 5.72. The summed E-state index contributed by atoms with van der Waals surface area (Å²) in [7, 11) is 0. The Hall–Kier alpha value is -0.850. The van der Waals surface area contributed by atoms with Crippen molar-refractivity contribution < 1.29 is 44.5 Å². The third-order valence-corrected chi connectivity index (χ3v) is 5.68. The summed E-state index contributed by atoms with van der Waals surface area (Å²) in [5, 5.41) is 54.7. The number of aliphatic hydroxyl groups is 5. The average molecular weight is 391 g/mol. The molecule has 6 aliphatic rings. The topological polar surface area (TPSA) is 158 Å².